The summed E-state index contributed by atoms with van der Waals surface area (Å²) in [7, 11) is 5.64. The average Bonchev–Trinajstić information content (AvgIpc) is 2.36. The molecule has 0 saturated carbocycles. The van der Waals surface area contributed by atoms with E-state index in [4.69, 9.17) is 9.47 Å². The zero-order chi connectivity index (χ0) is 13.5. The summed E-state index contributed by atoms with van der Waals surface area (Å²) >= 11 is 0. The van der Waals surface area contributed by atoms with E-state index in [-0.39, 0.29) is 6.10 Å². The molecular formula is C14H21NO3. The van der Waals surface area contributed by atoms with Crippen LogP contribution in [0.2, 0.25) is 0 Å². The van der Waals surface area contributed by atoms with E-state index in [9.17, 15) is 4.79 Å². The number of rotatable bonds is 7. The van der Waals surface area contributed by atoms with Crippen LogP contribution < -0.4 is 9.47 Å². The van der Waals surface area contributed by atoms with Gasteiger partial charge >= 0.3 is 0 Å². The Labute approximate surface area is 108 Å². The van der Waals surface area contributed by atoms with E-state index >= 15 is 0 Å². The average molecular weight is 251 g/mol. The Balaban J connectivity index is 2.68. The van der Waals surface area contributed by atoms with Crippen molar-refractivity contribution in [2.75, 3.05) is 27.7 Å². The van der Waals surface area contributed by atoms with Gasteiger partial charge in [0.1, 0.15) is 6.29 Å². The van der Waals surface area contributed by atoms with Gasteiger partial charge in [-0.25, -0.2) is 0 Å². The van der Waals surface area contributed by atoms with Crippen LogP contribution in [-0.2, 0) is 0 Å². The van der Waals surface area contributed by atoms with E-state index in [1.807, 2.05) is 21.0 Å². The summed E-state index contributed by atoms with van der Waals surface area (Å²) in [6.07, 6.45) is 1.83. The smallest absolute Gasteiger partial charge is 0.161 e. The predicted octanol–water partition coefficient (Wildman–Crippen LogP) is 2.23. The van der Waals surface area contributed by atoms with Gasteiger partial charge in [0.25, 0.3) is 0 Å². The maximum absolute atomic E-state index is 10.7. The summed E-state index contributed by atoms with van der Waals surface area (Å²) < 4.78 is 11.0. The van der Waals surface area contributed by atoms with E-state index in [0.717, 1.165) is 19.3 Å². The summed E-state index contributed by atoms with van der Waals surface area (Å²) in [5.41, 5.74) is 0.583. The van der Waals surface area contributed by atoms with E-state index < -0.39 is 0 Å². The van der Waals surface area contributed by atoms with Gasteiger partial charge in [0.2, 0.25) is 0 Å². The normalized spacial score (nSPS) is 12.3. The Bertz CT molecular complexity index is 391. The topological polar surface area (TPSA) is 38.8 Å². The lowest BCUT2D eigenvalue weighted by atomic mass is 10.2. The van der Waals surface area contributed by atoms with Gasteiger partial charge in [-0.3, -0.25) is 4.79 Å². The van der Waals surface area contributed by atoms with Crippen LogP contribution in [0.3, 0.4) is 0 Å². The van der Waals surface area contributed by atoms with Gasteiger partial charge in [0.15, 0.2) is 11.5 Å². The molecule has 1 aromatic rings. The molecule has 1 unspecified atom stereocenters. The molecule has 1 aromatic carbocycles. The Morgan fingerprint density at radius 3 is 2.61 bits per heavy atom. The van der Waals surface area contributed by atoms with Crippen LogP contribution in [0, 0.1) is 0 Å². The molecule has 18 heavy (non-hydrogen) atoms. The van der Waals surface area contributed by atoms with Crippen LogP contribution >= 0.6 is 0 Å². The van der Waals surface area contributed by atoms with E-state index in [1.165, 1.54) is 0 Å². The molecule has 0 aromatic heterocycles. The fourth-order valence-electron chi connectivity index (χ4n) is 1.57. The first-order valence-corrected chi connectivity index (χ1v) is 6.01. The van der Waals surface area contributed by atoms with Crippen LogP contribution in [0.4, 0.5) is 0 Å². The largest absolute Gasteiger partial charge is 0.493 e. The van der Waals surface area contributed by atoms with Crippen molar-refractivity contribution in [3.63, 3.8) is 0 Å². The molecule has 0 saturated heterocycles. The summed E-state index contributed by atoms with van der Waals surface area (Å²) in [6.45, 7) is 2.99. The Morgan fingerprint density at radius 1 is 1.33 bits per heavy atom. The van der Waals surface area contributed by atoms with Crippen LogP contribution in [0.5, 0.6) is 11.5 Å². The summed E-state index contributed by atoms with van der Waals surface area (Å²) in [5, 5.41) is 0. The third-order valence-electron chi connectivity index (χ3n) is 2.63. The van der Waals surface area contributed by atoms with Crippen molar-refractivity contribution in [1.29, 1.82) is 0 Å². The first kappa shape index (κ1) is 14.5. The zero-order valence-corrected chi connectivity index (χ0v) is 11.5. The van der Waals surface area contributed by atoms with Crippen molar-refractivity contribution in [2.45, 2.75) is 19.4 Å². The second-order valence-corrected chi connectivity index (χ2v) is 4.55. The quantitative estimate of drug-likeness (QED) is 0.697. The third kappa shape index (κ3) is 4.37. The maximum atomic E-state index is 10.7. The maximum Gasteiger partial charge on any atom is 0.161 e. The summed E-state index contributed by atoms with van der Waals surface area (Å²) in [5.74, 6) is 1.27. The minimum absolute atomic E-state index is 0.100. The molecule has 4 nitrogen and oxygen atoms in total. The highest BCUT2D eigenvalue weighted by Crippen LogP contribution is 2.28. The van der Waals surface area contributed by atoms with Crippen molar-refractivity contribution in [3.8, 4) is 11.5 Å². The minimum Gasteiger partial charge on any atom is -0.493 e. The number of nitrogens with zero attached hydrogens (tertiary/aromatic N) is 1. The standard InChI is InChI=1S/C14H21NO3/c1-11(7-8-15(2)3)18-13-6-5-12(10-16)9-14(13)17-4/h5-6,9-11H,7-8H2,1-4H3. The minimum atomic E-state index is 0.100. The number of ether oxygens (including phenoxy) is 2. The van der Waals surface area contributed by atoms with Crippen LogP contribution in [0.25, 0.3) is 0 Å². The number of carbonyl (C=O) groups excluding carboxylic acids is 1. The van der Waals surface area contributed by atoms with Gasteiger partial charge in [0.05, 0.1) is 13.2 Å². The van der Waals surface area contributed by atoms with Crippen molar-refractivity contribution in [1.82, 2.24) is 4.90 Å². The zero-order valence-electron chi connectivity index (χ0n) is 11.5. The lowest BCUT2D eigenvalue weighted by Gasteiger charge is -2.18. The van der Waals surface area contributed by atoms with Crippen molar-refractivity contribution in [3.05, 3.63) is 23.8 Å². The molecule has 0 N–H and O–H groups in total. The molecule has 0 bridgehead atoms. The predicted molar refractivity (Wildman–Crippen MR) is 71.6 cm³/mol. The second-order valence-electron chi connectivity index (χ2n) is 4.55. The number of carbonyl (C=O) groups is 1. The number of methoxy groups -OCH3 is 1. The molecule has 0 spiro atoms. The summed E-state index contributed by atoms with van der Waals surface area (Å²) in [4.78, 5) is 12.8. The van der Waals surface area contributed by atoms with Crippen LogP contribution in [0.15, 0.2) is 18.2 Å². The fourth-order valence-corrected chi connectivity index (χ4v) is 1.57. The lowest BCUT2D eigenvalue weighted by Crippen LogP contribution is -2.21. The Morgan fingerprint density at radius 2 is 2.06 bits per heavy atom. The Kier molecular flexibility index (Phi) is 5.65. The summed E-state index contributed by atoms with van der Waals surface area (Å²) in [6, 6.07) is 5.18. The van der Waals surface area contributed by atoms with E-state index in [0.29, 0.717) is 17.1 Å². The van der Waals surface area contributed by atoms with E-state index in [2.05, 4.69) is 4.90 Å². The molecule has 1 atom stereocenters. The highest BCUT2D eigenvalue weighted by atomic mass is 16.5. The van der Waals surface area contributed by atoms with Gasteiger partial charge < -0.3 is 14.4 Å². The number of hydrogen-bond acceptors (Lipinski definition) is 4. The van der Waals surface area contributed by atoms with Gasteiger partial charge in [-0.2, -0.15) is 0 Å². The number of benzene rings is 1. The third-order valence-corrected chi connectivity index (χ3v) is 2.63. The molecule has 0 aliphatic heterocycles. The SMILES string of the molecule is COc1cc(C=O)ccc1OC(C)CCN(C)C. The van der Waals surface area contributed by atoms with Crippen LogP contribution in [0.1, 0.15) is 23.7 Å². The molecule has 100 valence electrons. The number of hydrogen-bond donors (Lipinski definition) is 0. The monoisotopic (exact) mass is 251 g/mol. The fraction of sp³-hybridized carbons (Fsp3) is 0.500. The van der Waals surface area contributed by atoms with Crippen molar-refractivity contribution >= 4 is 6.29 Å². The second kappa shape index (κ2) is 7.01. The molecule has 0 amide bonds. The van der Waals surface area contributed by atoms with E-state index in [1.54, 1.807) is 25.3 Å². The van der Waals surface area contributed by atoms with Gasteiger partial charge in [-0.1, -0.05) is 0 Å². The molecule has 0 aliphatic rings. The first-order chi connectivity index (χ1) is 8.56. The van der Waals surface area contributed by atoms with Crippen molar-refractivity contribution in [2.24, 2.45) is 0 Å². The van der Waals surface area contributed by atoms with Crippen LogP contribution in [-0.4, -0.2) is 45.0 Å². The Hall–Kier alpha value is -1.55. The molecule has 0 radical (unpaired) electrons. The molecular weight excluding hydrogens is 230 g/mol. The van der Waals surface area contributed by atoms with Gasteiger partial charge in [0, 0.05) is 12.1 Å². The van der Waals surface area contributed by atoms with Gasteiger partial charge in [-0.05, 0) is 45.6 Å². The van der Waals surface area contributed by atoms with Gasteiger partial charge in [-0.15, -0.1) is 0 Å². The van der Waals surface area contributed by atoms with Crippen molar-refractivity contribution < 1.29 is 14.3 Å². The number of aldehydes is 1. The molecule has 0 aliphatic carbocycles. The lowest BCUT2D eigenvalue weighted by molar-refractivity contribution is 0.112. The highest BCUT2D eigenvalue weighted by molar-refractivity contribution is 5.76. The molecule has 4 heteroatoms. The first-order valence-electron chi connectivity index (χ1n) is 6.01. The molecule has 1 rings (SSSR count). The highest BCUT2D eigenvalue weighted by Gasteiger charge is 2.10. The molecule has 0 fully saturated rings. The molecule has 0 heterocycles.